The largest absolute Gasteiger partial charge is 0.444 e. The summed E-state index contributed by atoms with van der Waals surface area (Å²) in [6.07, 6.45) is 2.23. The van der Waals surface area contributed by atoms with Crippen molar-refractivity contribution in [2.24, 2.45) is 16.3 Å². The van der Waals surface area contributed by atoms with Crippen molar-refractivity contribution in [2.45, 2.75) is 57.6 Å². The van der Waals surface area contributed by atoms with E-state index in [0.717, 1.165) is 19.3 Å². The van der Waals surface area contributed by atoms with Gasteiger partial charge < -0.3 is 20.6 Å². The average Bonchev–Trinajstić information content (AvgIpc) is 3.45. The average molecular weight is 345 g/mol. The maximum Gasteiger partial charge on any atom is 0.410 e. The standard InChI is InChI=1S/C19H27N3O3/c1-18(2,3)25-17(23)22(12-19(9-10-19)16(20)21-24)15-11-14(15)13-7-5-4-6-8-13/h4-8,14-15,24H,9-12H2,1-3H3,(H2,20,21). The van der Waals surface area contributed by atoms with Gasteiger partial charge in [-0.1, -0.05) is 35.5 Å². The maximum absolute atomic E-state index is 12.8. The van der Waals surface area contributed by atoms with Crippen molar-refractivity contribution in [3.05, 3.63) is 35.9 Å². The van der Waals surface area contributed by atoms with E-state index in [0.29, 0.717) is 12.5 Å². The Morgan fingerprint density at radius 1 is 1.36 bits per heavy atom. The van der Waals surface area contributed by atoms with Gasteiger partial charge in [0.2, 0.25) is 0 Å². The third-order valence-corrected chi connectivity index (χ3v) is 4.99. The summed E-state index contributed by atoms with van der Waals surface area (Å²) >= 11 is 0. The van der Waals surface area contributed by atoms with E-state index in [-0.39, 0.29) is 18.0 Å². The molecule has 1 aromatic carbocycles. The normalized spacial score (nSPS) is 24.5. The number of rotatable bonds is 5. The number of amidine groups is 1. The van der Waals surface area contributed by atoms with Gasteiger partial charge in [-0.15, -0.1) is 0 Å². The van der Waals surface area contributed by atoms with E-state index in [1.807, 2.05) is 39.0 Å². The molecule has 2 aliphatic rings. The lowest BCUT2D eigenvalue weighted by atomic mass is 10.0. The van der Waals surface area contributed by atoms with Gasteiger partial charge in [0.15, 0.2) is 0 Å². The smallest absolute Gasteiger partial charge is 0.410 e. The van der Waals surface area contributed by atoms with Gasteiger partial charge in [-0.2, -0.15) is 0 Å². The molecule has 0 spiro atoms. The second-order valence-corrected chi connectivity index (χ2v) is 8.19. The van der Waals surface area contributed by atoms with Crippen LogP contribution in [-0.2, 0) is 4.74 Å². The molecule has 1 aromatic rings. The Balaban J connectivity index is 1.78. The molecule has 2 aliphatic carbocycles. The summed E-state index contributed by atoms with van der Waals surface area (Å²) in [7, 11) is 0. The van der Waals surface area contributed by atoms with Gasteiger partial charge in [-0.3, -0.25) is 0 Å². The van der Waals surface area contributed by atoms with Gasteiger partial charge in [0, 0.05) is 23.9 Å². The first-order chi connectivity index (χ1) is 11.8. The highest BCUT2D eigenvalue weighted by molar-refractivity contribution is 5.89. The van der Waals surface area contributed by atoms with Crippen LogP contribution in [0.1, 0.15) is 51.5 Å². The molecular weight excluding hydrogens is 318 g/mol. The maximum atomic E-state index is 12.8. The van der Waals surface area contributed by atoms with Crippen molar-refractivity contribution in [1.29, 1.82) is 0 Å². The van der Waals surface area contributed by atoms with E-state index in [4.69, 9.17) is 15.7 Å². The van der Waals surface area contributed by atoms with E-state index < -0.39 is 11.0 Å². The third-order valence-electron chi connectivity index (χ3n) is 4.99. The van der Waals surface area contributed by atoms with Crippen molar-refractivity contribution < 1.29 is 14.7 Å². The second-order valence-electron chi connectivity index (χ2n) is 8.19. The fourth-order valence-electron chi connectivity index (χ4n) is 3.30. The number of nitrogens with two attached hydrogens (primary N) is 1. The molecule has 0 aliphatic heterocycles. The number of nitrogens with zero attached hydrogens (tertiary/aromatic N) is 2. The molecule has 0 radical (unpaired) electrons. The first kappa shape index (κ1) is 17.6. The zero-order valence-electron chi connectivity index (χ0n) is 15.1. The molecule has 6 heteroatoms. The van der Waals surface area contributed by atoms with Crippen LogP contribution in [0.15, 0.2) is 35.5 Å². The van der Waals surface area contributed by atoms with Crippen LogP contribution in [0.3, 0.4) is 0 Å². The summed E-state index contributed by atoms with van der Waals surface area (Å²) in [6.45, 7) is 6.02. The van der Waals surface area contributed by atoms with Crippen molar-refractivity contribution in [2.75, 3.05) is 6.54 Å². The highest BCUT2D eigenvalue weighted by atomic mass is 16.6. The van der Waals surface area contributed by atoms with Crippen LogP contribution in [0.5, 0.6) is 0 Å². The lowest BCUT2D eigenvalue weighted by Gasteiger charge is -2.30. The molecule has 2 unspecified atom stereocenters. The monoisotopic (exact) mass is 345 g/mol. The van der Waals surface area contributed by atoms with Crippen LogP contribution in [0.25, 0.3) is 0 Å². The zero-order chi connectivity index (χ0) is 18.2. The van der Waals surface area contributed by atoms with Gasteiger partial charge >= 0.3 is 6.09 Å². The minimum Gasteiger partial charge on any atom is -0.444 e. The lowest BCUT2D eigenvalue weighted by Crippen LogP contribution is -2.45. The number of carbonyl (C=O) groups is 1. The van der Waals surface area contributed by atoms with Gasteiger partial charge in [0.05, 0.1) is 0 Å². The quantitative estimate of drug-likeness (QED) is 0.371. The fourth-order valence-corrected chi connectivity index (χ4v) is 3.30. The molecule has 2 fully saturated rings. The number of benzene rings is 1. The number of hydrogen-bond acceptors (Lipinski definition) is 4. The fraction of sp³-hybridized carbons (Fsp3) is 0.579. The molecule has 6 nitrogen and oxygen atoms in total. The molecule has 2 atom stereocenters. The van der Waals surface area contributed by atoms with Gasteiger partial charge in [-0.05, 0) is 45.6 Å². The minimum absolute atomic E-state index is 0.0983. The van der Waals surface area contributed by atoms with Crippen LogP contribution >= 0.6 is 0 Å². The van der Waals surface area contributed by atoms with Gasteiger partial charge in [0.1, 0.15) is 11.4 Å². The molecule has 0 heterocycles. The summed E-state index contributed by atoms with van der Waals surface area (Å²) in [4.78, 5) is 14.6. The van der Waals surface area contributed by atoms with Gasteiger partial charge in [-0.25, -0.2) is 4.79 Å². The summed E-state index contributed by atoms with van der Waals surface area (Å²) in [6, 6.07) is 10.3. The summed E-state index contributed by atoms with van der Waals surface area (Å²) in [5.41, 5.74) is 6.14. The molecule has 2 saturated carbocycles. The predicted molar refractivity (Wildman–Crippen MR) is 95.6 cm³/mol. The van der Waals surface area contributed by atoms with Crippen molar-refractivity contribution >= 4 is 11.9 Å². The van der Waals surface area contributed by atoms with E-state index in [1.54, 1.807) is 4.90 Å². The molecular formula is C19H27N3O3. The Kier molecular flexibility index (Phi) is 4.39. The zero-order valence-corrected chi connectivity index (χ0v) is 15.1. The highest BCUT2D eigenvalue weighted by Crippen LogP contribution is 2.51. The Labute approximate surface area is 148 Å². The minimum atomic E-state index is -0.556. The second kappa shape index (κ2) is 6.24. The first-order valence-electron chi connectivity index (χ1n) is 8.78. The van der Waals surface area contributed by atoms with Crippen molar-refractivity contribution in [3.8, 4) is 0 Å². The molecule has 1 amide bonds. The van der Waals surface area contributed by atoms with Crippen molar-refractivity contribution in [1.82, 2.24) is 4.90 Å². The molecule has 0 saturated heterocycles. The number of ether oxygens (including phenoxy) is 1. The molecule has 0 aromatic heterocycles. The Morgan fingerprint density at radius 3 is 2.52 bits per heavy atom. The molecule has 3 N–H and O–H groups in total. The highest BCUT2D eigenvalue weighted by Gasteiger charge is 2.54. The summed E-state index contributed by atoms with van der Waals surface area (Å²) < 4.78 is 5.62. The Morgan fingerprint density at radius 2 is 2.00 bits per heavy atom. The Hall–Kier alpha value is -2.24. The Bertz CT molecular complexity index is 662. The van der Waals surface area contributed by atoms with E-state index in [1.165, 1.54) is 5.56 Å². The molecule has 25 heavy (non-hydrogen) atoms. The summed E-state index contributed by atoms with van der Waals surface area (Å²) in [5, 5.41) is 12.2. The first-order valence-corrected chi connectivity index (χ1v) is 8.78. The van der Waals surface area contributed by atoms with E-state index in [9.17, 15) is 4.79 Å². The predicted octanol–water partition coefficient (Wildman–Crippen LogP) is 3.31. The van der Waals surface area contributed by atoms with E-state index in [2.05, 4.69) is 17.3 Å². The van der Waals surface area contributed by atoms with E-state index >= 15 is 0 Å². The van der Waals surface area contributed by atoms with Crippen LogP contribution < -0.4 is 5.73 Å². The van der Waals surface area contributed by atoms with Crippen LogP contribution in [-0.4, -0.2) is 40.2 Å². The number of hydrogen-bond donors (Lipinski definition) is 2. The lowest BCUT2D eigenvalue weighted by molar-refractivity contribution is 0.0207. The molecule has 3 rings (SSSR count). The third kappa shape index (κ3) is 3.89. The molecule has 0 bridgehead atoms. The SMILES string of the molecule is CC(C)(C)OC(=O)N(CC1(C(N)=NO)CC1)C1CC1c1ccccc1. The topological polar surface area (TPSA) is 88.2 Å². The van der Waals surface area contributed by atoms with Crippen LogP contribution in [0, 0.1) is 5.41 Å². The van der Waals surface area contributed by atoms with Gasteiger partial charge in [0.25, 0.3) is 0 Å². The van der Waals surface area contributed by atoms with Crippen molar-refractivity contribution in [3.63, 3.8) is 0 Å². The number of carbonyl (C=O) groups excluding carboxylic acids is 1. The number of oxime groups is 1. The number of amides is 1. The van der Waals surface area contributed by atoms with Crippen LogP contribution in [0.4, 0.5) is 4.79 Å². The van der Waals surface area contributed by atoms with Crippen LogP contribution in [0.2, 0.25) is 0 Å². The molecule has 136 valence electrons. The summed E-state index contributed by atoms with van der Waals surface area (Å²) in [5.74, 6) is 0.523.